The van der Waals surface area contributed by atoms with E-state index in [1.165, 1.54) is 0 Å². The van der Waals surface area contributed by atoms with Gasteiger partial charge in [0.2, 0.25) is 0 Å². The second-order valence-electron chi connectivity index (χ2n) is 4.67. The quantitative estimate of drug-likeness (QED) is 0.655. The molecule has 0 aliphatic heterocycles. The molecule has 1 aromatic carbocycles. The summed E-state index contributed by atoms with van der Waals surface area (Å²) >= 11 is 6.28. The van der Waals surface area contributed by atoms with E-state index in [9.17, 15) is 0 Å². The lowest BCUT2D eigenvalue weighted by Gasteiger charge is -2.17. The largest absolute Gasteiger partial charge is 0.497 e. The van der Waals surface area contributed by atoms with Crippen molar-refractivity contribution in [3.05, 3.63) is 46.2 Å². The first kappa shape index (κ1) is 14.8. The molecule has 1 unspecified atom stereocenters. The fourth-order valence-electron chi connectivity index (χ4n) is 2.23. The smallest absolute Gasteiger partial charge is 0.119 e. The predicted octanol–water partition coefficient (Wildman–Crippen LogP) is 2.14. The van der Waals surface area contributed by atoms with Gasteiger partial charge in [0.1, 0.15) is 5.75 Å². The van der Waals surface area contributed by atoms with Gasteiger partial charge in [-0.05, 0) is 24.6 Å². The highest BCUT2D eigenvalue weighted by atomic mass is 35.5. The average Bonchev–Trinajstić information content (AvgIpc) is 2.70. The Hall–Kier alpha value is -1.56. The summed E-state index contributed by atoms with van der Waals surface area (Å²) in [4.78, 5) is 0. The van der Waals surface area contributed by atoms with Crippen molar-refractivity contribution in [3.8, 4) is 5.75 Å². The van der Waals surface area contributed by atoms with Crippen LogP contribution in [0.1, 0.15) is 23.0 Å². The maximum absolute atomic E-state index is 6.28. The number of hydrogen-bond acceptors (Lipinski definition) is 4. The van der Waals surface area contributed by atoms with Crippen LogP contribution in [-0.2, 0) is 13.5 Å². The van der Waals surface area contributed by atoms with Gasteiger partial charge >= 0.3 is 0 Å². The van der Waals surface area contributed by atoms with E-state index in [1.54, 1.807) is 11.8 Å². The first-order chi connectivity index (χ1) is 9.56. The van der Waals surface area contributed by atoms with Crippen molar-refractivity contribution < 1.29 is 4.74 Å². The Kier molecular flexibility index (Phi) is 4.65. The summed E-state index contributed by atoms with van der Waals surface area (Å²) in [6.45, 7) is 1.89. The molecule has 6 heteroatoms. The van der Waals surface area contributed by atoms with Crippen LogP contribution in [0.15, 0.2) is 24.3 Å². The molecule has 0 radical (unpaired) electrons. The Morgan fingerprint density at radius 1 is 1.50 bits per heavy atom. The van der Waals surface area contributed by atoms with Gasteiger partial charge in [-0.2, -0.15) is 5.10 Å². The van der Waals surface area contributed by atoms with Crippen LogP contribution in [0, 0.1) is 6.92 Å². The second kappa shape index (κ2) is 6.26. The van der Waals surface area contributed by atoms with Crippen LogP contribution in [-0.4, -0.2) is 16.9 Å². The van der Waals surface area contributed by atoms with Crippen LogP contribution in [0.5, 0.6) is 5.75 Å². The third kappa shape index (κ3) is 2.95. The highest BCUT2D eigenvalue weighted by Gasteiger charge is 2.18. The van der Waals surface area contributed by atoms with Gasteiger partial charge in [-0.25, -0.2) is 0 Å². The molecular weight excluding hydrogens is 276 g/mol. The molecule has 0 bridgehead atoms. The molecule has 0 saturated carbocycles. The van der Waals surface area contributed by atoms with Crippen molar-refractivity contribution in [3.63, 3.8) is 0 Å². The SMILES string of the molecule is COc1cccc(C(Cc2c(Cl)c(C)nn2C)NN)c1. The van der Waals surface area contributed by atoms with Crippen LogP contribution in [0.2, 0.25) is 5.02 Å². The highest BCUT2D eigenvalue weighted by molar-refractivity contribution is 6.31. The minimum Gasteiger partial charge on any atom is -0.497 e. The van der Waals surface area contributed by atoms with Crippen molar-refractivity contribution in [1.82, 2.24) is 15.2 Å². The summed E-state index contributed by atoms with van der Waals surface area (Å²) in [5.74, 6) is 6.49. The molecule has 0 spiro atoms. The van der Waals surface area contributed by atoms with E-state index >= 15 is 0 Å². The van der Waals surface area contributed by atoms with Crippen molar-refractivity contribution in [2.75, 3.05) is 7.11 Å². The van der Waals surface area contributed by atoms with Gasteiger partial charge in [-0.1, -0.05) is 23.7 Å². The number of benzene rings is 1. The number of halogens is 1. The molecule has 0 saturated heterocycles. The lowest BCUT2D eigenvalue weighted by atomic mass is 10.0. The fourth-order valence-corrected chi connectivity index (χ4v) is 2.46. The summed E-state index contributed by atoms with van der Waals surface area (Å²) in [5.41, 5.74) is 5.65. The molecule has 1 atom stereocenters. The zero-order chi connectivity index (χ0) is 14.7. The molecule has 2 rings (SSSR count). The van der Waals surface area contributed by atoms with Crippen LogP contribution in [0.4, 0.5) is 0 Å². The standard InChI is InChI=1S/C14H19ClN4O/c1-9-14(15)13(19(2)18-9)8-12(17-16)10-5-4-6-11(7-10)20-3/h4-7,12,17H,8,16H2,1-3H3. The van der Waals surface area contributed by atoms with Crippen molar-refractivity contribution in [2.24, 2.45) is 12.9 Å². The van der Waals surface area contributed by atoms with E-state index in [1.807, 2.05) is 38.2 Å². The molecule has 5 nitrogen and oxygen atoms in total. The average molecular weight is 295 g/mol. The maximum atomic E-state index is 6.28. The molecule has 3 N–H and O–H groups in total. The van der Waals surface area contributed by atoms with Gasteiger partial charge in [0.05, 0.1) is 29.6 Å². The molecule has 108 valence electrons. The maximum Gasteiger partial charge on any atom is 0.119 e. The number of hydrogen-bond donors (Lipinski definition) is 2. The summed E-state index contributed by atoms with van der Waals surface area (Å²) in [6.07, 6.45) is 0.653. The van der Waals surface area contributed by atoms with E-state index in [4.69, 9.17) is 22.2 Å². The summed E-state index contributed by atoms with van der Waals surface area (Å²) in [5, 5.41) is 5.01. The number of nitrogens with one attached hydrogen (secondary N) is 1. The summed E-state index contributed by atoms with van der Waals surface area (Å²) < 4.78 is 7.03. The van der Waals surface area contributed by atoms with Gasteiger partial charge < -0.3 is 4.74 Å². The van der Waals surface area contributed by atoms with E-state index in [0.29, 0.717) is 11.4 Å². The molecule has 2 aromatic rings. The van der Waals surface area contributed by atoms with Crippen LogP contribution < -0.4 is 16.0 Å². The first-order valence-corrected chi connectivity index (χ1v) is 6.72. The Labute approximate surface area is 123 Å². The van der Waals surface area contributed by atoms with Crippen molar-refractivity contribution in [1.29, 1.82) is 0 Å². The molecular formula is C14H19ClN4O. The lowest BCUT2D eigenvalue weighted by molar-refractivity contribution is 0.412. The number of aromatic nitrogens is 2. The molecule has 1 heterocycles. The van der Waals surface area contributed by atoms with E-state index in [0.717, 1.165) is 22.7 Å². The third-order valence-electron chi connectivity index (χ3n) is 3.36. The molecule has 1 aromatic heterocycles. The van der Waals surface area contributed by atoms with Gasteiger partial charge in [-0.3, -0.25) is 16.0 Å². The number of rotatable bonds is 5. The van der Waals surface area contributed by atoms with E-state index in [2.05, 4.69) is 10.5 Å². The van der Waals surface area contributed by atoms with Gasteiger partial charge in [0.25, 0.3) is 0 Å². The number of aryl methyl sites for hydroxylation is 2. The number of nitrogens with two attached hydrogens (primary N) is 1. The number of nitrogens with zero attached hydrogens (tertiary/aromatic N) is 2. The molecule has 0 amide bonds. The van der Waals surface area contributed by atoms with Crippen LogP contribution in [0.25, 0.3) is 0 Å². The van der Waals surface area contributed by atoms with E-state index in [-0.39, 0.29) is 6.04 Å². The van der Waals surface area contributed by atoms with Gasteiger partial charge in [-0.15, -0.1) is 0 Å². The molecule has 0 aliphatic carbocycles. The number of ether oxygens (including phenoxy) is 1. The second-order valence-corrected chi connectivity index (χ2v) is 5.05. The number of methoxy groups -OCH3 is 1. The number of hydrazine groups is 1. The van der Waals surface area contributed by atoms with Gasteiger partial charge in [0.15, 0.2) is 0 Å². The topological polar surface area (TPSA) is 65.1 Å². The highest BCUT2D eigenvalue weighted by Crippen LogP contribution is 2.26. The normalized spacial score (nSPS) is 12.4. The fraction of sp³-hybridized carbons (Fsp3) is 0.357. The minimum atomic E-state index is -0.0580. The lowest BCUT2D eigenvalue weighted by Crippen LogP contribution is -2.30. The Bertz CT molecular complexity index is 597. The predicted molar refractivity (Wildman–Crippen MR) is 79.7 cm³/mol. The van der Waals surface area contributed by atoms with Crippen molar-refractivity contribution >= 4 is 11.6 Å². The first-order valence-electron chi connectivity index (χ1n) is 6.34. The molecule has 0 fully saturated rings. The third-order valence-corrected chi connectivity index (χ3v) is 3.85. The summed E-state index contributed by atoms with van der Waals surface area (Å²) in [7, 11) is 3.53. The summed E-state index contributed by atoms with van der Waals surface area (Å²) in [6, 6.07) is 7.75. The van der Waals surface area contributed by atoms with E-state index < -0.39 is 0 Å². The monoisotopic (exact) mass is 294 g/mol. The van der Waals surface area contributed by atoms with Crippen LogP contribution in [0.3, 0.4) is 0 Å². The molecule has 20 heavy (non-hydrogen) atoms. The Balaban J connectivity index is 2.28. The zero-order valence-corrected chi connectivity index (χ0v) is 12.6. The Morgan fingerprint density at radius 2 is 2.25 bits per heavy atom. The molecule has 0 aliphatic rings. The van der Waals surface area contributed by atoms with Crippen molar-refractivity contribution in [2.45, 2.75) is 19.4 Å². The van der Waals surface area contributed by atoms with Crippen LogP contribution >= 0.6 is 11.6 Å². The minimum absolute atomic E-state index is 0.0580. The Morgan fingerprint density at radius 3 is 2.80 bits per heavy atom. The van der Waals surface area contributed by atoms with Gasteiger partial charge in [0, 0.05) is 13.5 Å². The zero-order valence-electron chi connectivity index (χ0n) is 11.9.